The summed E-state index contributed by atoms with van der Waals surface area (Å²) in [6, 6.07) is 46.4. The normalized spacial score (nSPS) is 11.8. The zero-order valence-electron chi connectivity index (χ0n) is 22.5. The molecule has 0 N–H and O–H groups in total. The number of furan rings is 1. The third-order valence-electron chi connectivity index (χ3n) is 8.25. The quantitative estimate of drug-likeness (QED) is 0.211. The van der Waals surface area contributed by atoms with Crippen molar-refractivity contribution in [2.24, 2.45) is 0 Å². The van der Waals surface area contributed by atoms with Gasteiger partial charge in [0.15, 0.2) is 11.5 Å². The molecule has 6 aromatic carbocycles. The summed E-state index contributed by atoms with van der Waals surface area (Å²) >= 11 is 0. The van der Waals surface area contributed by atoms with Gasteiger partial charge in [0.05, 0.1) is 11.1 Å². The molecule has 0 unspecified atom stereocenters. The maximum Gasteiger partial charge on any atom is 0.178 e. The highest BCUT2D eigenvalue weighted by atomic mass is 16.3. The predicted octanol–water partition coefficient (Wildman–Crippen LogP) is 9.96. The van der Waals surface area contributed by atoms with Gasteiger partial charge in [-0.1, -0.05) is 103 Å². The van der Waals surface area contributed by atoms with Crippen molar-refractivity contribution >= 4 is 54.6 Å². The summed E-state index contributed by atoms with van der Waals surface area (Å²) < 4.78 is 9.06. The second-order valence-corrected chi connectivity index (χ2v) is 10.7. The fourth-order valence-corrected chi connectivity index (χ4v) is 6.29. The number of fused-ring (bicyclic) bond motifs is 8. The van der Waals surface area contributed by atoms with E-state index in [4.69, 9.17) is 14.4 Å². The Morgan fingerprint density at radius 1 is 0.548 bits per heavy atom. The minimum atomic E-state index is 0.693. The molecule has 0 spiro atoms. The first kappa shape index (κ1) is 23.0. The molecule has 0 aliphatic carbocycles. The first-order valence-corrected chi connectivity index (χ1v) is 14.1. The Morgan fingerprint density at radius 3 is 2.14 bits per heavy atom. The van der Waals surface area contributed by atoms with Crippen molar-refractivity contribution in [2.45, 2.75) is 0 Å². The molecule has 0 atom stereocenters. The van der Waals surface area contributed by atoms with E-state index in [0.29, 0.717) is 5.65 Å². The van der Waals surface area contributed by atoms with Gasteiger partial charge in [-0.2, -0.15) is 0 Å². The molecule has 0 aliphatic rings. The van der Waals surface area contributed by atoms with Crippen molar-refractivity contribution < 1.29 is 4.42 Å². The van der Waals surface area contributed by atoms with Crippen LogP contribution in [-0.4, -0.2) is 14.5 Å². The number of aromatic nitrogens is 3. The van der Waals surface area contributed by atoms with Gasteiger partial charge in [-0.3, -0.25) is 4.57 Å². The molecule has 4 nitrogen and oxygen atoms in total. The molecule has 42 heavy (non-hydrogen) atoms. The Kier molecular flexibility index (Phi) is 4.87. The number of rotatable bonds is 3. The van der Waals surface area contributed by atoms with E-state index in [9.17, 15) is 0 Å². The maximum atomic E-state index is 6.87. The van der Waals surface area contributed by atoms with E-state index in [1.165, 1.54) is 10.8 Å². The lowest BCUT2D eigenvalue weighted by atomic mass is 9.99. The molecule has 9 rings (SSSR count). The highest BCUT2D eigenvalue weighted by Crippen LogP contribution is 2.41. The molecular formula is C38H23N3O. The maximum absolute atomic E-state index is 6.87. The van der Waals surface area contributed by atoms with Crippen LogP contribution in [0.2, 0.25) is 0 Å². The van der Waals surface area contributed by atoms with Gasteiger partial charge in [0.2, 0.25) is 0 Å². The zero-order chi connectivity index (χ0) is 27.6. The minimum Gasteiger partial charge on any atom is -0.455 e. The summed E-state index contributed by atoms with van der Waals surface area (Å²) in [6.45, 7) is 0. The van der Waals surface area contributed by atoms with Crippen LogP contribution in [0.4, 0.5) is 0 Å². The number of pyridine rings is 1. The smallest absolute Gasteiger partial charge is 0.178 e. The van der Waals surface area contributed by atoms with Gasteiger partial charge in [-0.25, -0.2) is 9.97 Å². The first-order chi connectivity index (χ1) is 20.8. The van der Waals surface area contributed by atoms with Gasteiger partial charge in [-0.05, 0) is 52.1 Å². The van der Waals surface area contributed by atoms with Crippen LogP contribution >= 0.6 is 0 Å². The Bertz CT molecular complexity index is 2460. The molecule has 9 aromatic rings. The van der Waals surface area contributed by atoms with Crippen molar-refractivity contribution in [3.8, 4) is 28.2 Å². The molecule has 196 valence electrons. The van der Waals surface area contributed by atoms with Crippen molar-refractivity contribution in [2.75, 3.05) is 0 Å². The molecule has 0 amide bonds. The summed E-state index contributed by atoms with van der Waals surface area (Å²) in [4.78, 5) is 9.94. The Balaban J connectivity index is 1.37. The summed E-state index contributed by atoms with van der Waals surface area (Å²) in [6.07, 6.45) is 1.91. The molecule has 0 aliphatic heterocycles. The van der Waals surface area contributed by atoms with Gasteiger partial charge in [0.1, 0.15) is 11.2 Å². The van der Waals surface area contributed by atoms with Gasteiger partial charge in [-0.15, -0.1) is 0 Å². The van der Waals surface area contributed by atoms with Crippen LogP contribution in [0.15, 0.2) is 144 Å². The second kappa shape index (κ2) is 8.88. The molecule has 0 saturated carbocycles. The largest absolute Gasteiger partial charge is 0.455 e. The fourth-order valence-electron chi connectivity index (χ4n) is 6.29. The van der Waals surface area contributed by atoms with Crippen LogP contribution < -0.4 is 0 Å². The minimum absolute atomic E-state index is 0.693. The SMILES string of the molecule is c1ccc(-c2cnc3nc(-c4cccc5c4oc4c5ccc5ccc6ccccc6c54)n(-c4ccccc4)c3c2)cc1. The summed E-state index contributed by atoms with van der Waals surface area (Å²) in [5.74, 6) is 0.799. The number of benzene rings is 6. The third kappa shape index (κ3) is 3.36. The molecule has 3 heterocycles. The van der Waals surface area contributed by atoms with Gasteiger partial charge < -0.3 is 4.42 Å². The molecule has 0 radical (unpaired) electrons. The van der Waals surface area contributed by atoms with Gasteiger partial charge in [0, 0.05) is 33.6 Å². The second-order valence-electron chi connectivity index (χ2n) is 10.7. The highest BCUT2D eigenvalue weighted by Gasteiger charge is 2.21. The van der Waals surface area contributed by atoms with Crippen molar-refractivity contribution in [3.63, 3.8) is 0 Å². The monoisotopic (exact) mass is 537 g/mol. The van der Waals surface area contributed by atoms with Crippen LogP contribution in [0.5, 0.6) is 0 Å². The highest BCUT2D eigenvalue weighted by molar-refractivity contribution is 6.23. The van der Waals surface area contributed by atoms with E-state index in [0.717, 1.165) is 66.4 Å². The van der Waals surface area contributed by atoms with Gasteiger partial charge in [0.25, 0.3) is 0 Å². The number of hydrogen-bond acceptors (Lipinski definition) is 3. The van der Waals surface area contributed by atoms with Crippen molar-refractivity contribution in [3.05, 3.63) is 140 Å². The van der Waals surface area contributed by atoms with Crippen LogP contribution in [0, 0.1) is 0 Å². The average Bonchev–Trinajstić information content (AvgIpc) is 3.64. The Labute approximate surface area is 241 Å². The van der Waals surface area contributed by atoms with Crippen LogP contribution in [-0.2, 0) is 0 Å². The summed E-state index contributed by atoms with van der Waals surface area (Å²) in [7, 11) is 0. The molecule has 3 aromatic heterocycles. The first-order valence-electron chi connectivity index (χ1n) is 14.1. The fraction of sp³-hybridized carbons (Fsp3) is 0. The molecule has 0 bridgehead atoms. The third-order valence-corrected chi connectivity index (χ3v) is 8.25. The van der Waals surface area contributed by atoms with Crippen LogP contribution in [0.1, 0.15) is 0 Å². The van der Waals surface area contributed by atoms with Crippen molar-refractivity contribution in [1.29, 1.82) is 0 Å². The van der Waals surface area contributed by atoms with Gasteiger partial charge >= 0.3 is 0 Å². The standard InChI is InChI=1S/C38H23N3O/c1-3-10-24(11-4-1)27-22-33-37(39-23-27)40-38(41(33)28-13-5-2-6-14-28)32-17-9-16-30-31-21-20-26-19-18-25-12-7-8-15-29(25)34(26)36(31)42-35(30)32/h1-23H. The van der Waals surface area contributed by atoms with E-state index in [1.54, 1.807) is 0 Å². The molecular weight excluding hydrogens is 514 g/mol. The molecule has 0 saturated heterocycles. The Morgan fingerprint density at radius 2 is 1.26 bits per heavy atom. The van der Waals surface area contributed by atoms with E-state index in [1.807, 2.05) is 18.3 Å². The lowest BCUT2D eigenvalue weighted by molar-refractivity contribution is 0.673. The lowest BCUT2D eigenvalue weighted by Gasteiger charge is -2.10. The van der Waals surface area contributed by atoms with E-state index < -0.39 is 0 Å². The number of nitrogens with zero attached hydrogens (tertiary/aromatic N) is 3. The summed E-state index contributed by atoms with van der Waals surface area (Å²) in [5.41, 5.74) is 7.48. The zero-order valence-corrected chi connectivity index (χ0v) is 22.5. The van der Waals surface area contributed by atoms with Crippen molar-refractivity contribution in [1.82, 2.24) is 14.5 Å². The van der Waals surface area contributed by atoms with Crippen LogP contribution in [0.3, 0.4) is 0 Å². The molecule has 4 heteroatoms. The van der Waals surface area contributed by atoms with E-state index in [-0.39, 0.29) is 0 Å². The number of para-hydroxylation sites is 2. The lowest BCUT2D eigenvalue weighted by Crippen LogP contribution is -1.97. The average molecular weight is 538 g/mol. The van der Waals surface area contributed by atoms with E-state index >= 15 is 0 Å². The topological polar surface area (TPSA) is 43.9 Å². The Hall–Kier alpha value is -5.74. The molecule has 0 fully saturated rings. The number of imidazole rings is 1. The van der Waals surface area contributed by atoms with E-state index in [2.05, 4.69) is 126 Å². The number of hydrogen-bond donors (Lipinski definition) is 0. The van der Waals surface area contributed by atoms with Crippen LogP contribution in [0.25, 0.3) is 82.8 Å². The summed E-state index contributed by atoms with van der Waals surface area (Å²) in [5, 5.41) is 6.86. The predicted molar refractivity (Wildman–Crippen MR) is 172 cm³/mol.